The molecule has 8 heteroatoms. The molecular formula is C3H9N5O3. The molecule has 0 aliphatic rings. The average Bonchev–Trinajstić information content (AvgIpc) is 1.88. The number of nitrogens with two attached hydrogens (primary N) is 1. The smallest absolute Gasteiger partial charge is 0.284 e. The molecule has 0 rings (SSSR count). The second kappa shape index (κ2) is 4.41. The van der Waals surface area contributed by atoms with Crippen LogP contribution in [-0.2, 0) is 0 Å². The van der Waals surface area contributed by atoms with Crippen LogP contribution in [0.4, 0.5) is 0 Å². The molecule has 8 nitrogen and oxygen atoms in total. The average molecular weight is 163 g/mol. The van der Waals surface area contributed by atoms with Gasteiger partial charge in [0.15, 0.2) is 5.03 Å². The van der Waals surface area contributed by atoms with Crippen molar-refractivity contribution in [2.45, 2.75) is 6.92 Å². The lowest BCUT2D eigenvalue weighted by atomic mass is 10.7. The van der Waals surface area contributed by atoms with Crippen LogP contribution in [-0.4, -0.2) is 27.8 Å². The molecule has 0 fully saturated rings. The van der Waals surface area contributed by atoms with Gasteiger partial charge in [-0.15, -0.1) is 5.59 Å². The lowest BCUT2D eigenvalue weighted by Crippen LogP contribution is -2.45. The molecule has 0 atom stereocenters. The van der Waals surface area contributed by atoms with Crippen molar-refractivity contribution in [3.05, 3.63) is 10.1 Å². The van der Waals surface area contributed by atoms with Crippen LogP contribution < -0.4 is 11.3 Å². The molecule has 0 bridgehead atoms. The molecule has 0 saturated carbocycles. The van der Waals surface area contributed by atoms with Crippen molar-refractivity contribution in [1.82, 2.24) is 10.6 Å². The second-order valence-electron chi connectivity index (χ2n) is 1.54. The number of hydrazone groups is 1. The van der Waals surface area contributed by atoms with Crippen molar-refractivity contribution in [2.75, 3.05) is 6.54 Å². The topological polar surface area (TPSA) is 117 Å². The summed E-state index contributed by atoms with van der Waals surface area (Å²) in [6.45, 7) is 1.89. The number of rotatable bonds is 3. The van der Waals surface area contributed by atoms with E-state index in [2.05, 4.69) is 5.10 Å². The lowest BCUT2D eigenvalue weighted by molar-refractivity contribution is -0.486. The van der Waals surface area contributed by atoms with Crippen LogP contribution in [0.25, 0.3) is 0 Å². The highest BCUT2D eigenvalue weighted by Crippen LogP contribution is 1.80. The summed E-state index contributed by atoms with van der Waals surface area (Å²) in [5.41, 5.74) is 6.68. The summed E-state index contributed by atoms with van der Waals surface area (Å²) in [4.78, 5) is 9.75. The Kier molecular flexibility index (Phi) is 3.85. The fourth-order valence-electron chi connectivity index (χ4n) is 0.422. The molecule has 0 saturated heterocycles. The zero-order valence-corrected chi connectivity index (χ0v) is 5.89. The third-order valence-corrected chi connectivity index (χ3v) is 0.898. The van der Waals surface area contributed by atoms with Crippen LogP contribution in [0.15, 0.2) is 5.10 Å². The largest absolute Gasteiger partial charge is 0.363 e. The molecular weight excluding hydrogens is 154 g/mol. The Morgan fingerprint density at radius 1 is 2.00 bits per heavy atom. The minimum Gasteiger partial charge on any atom is -0.363 e. The Bertz CT molecular complexity index is 164. The van der Waals surface area contributed by atoms with Gasteiger partial charge in [-0.2, -0.15) is 0 Å². The SMILES string of the molecule is CCN(NO)C(N)=N[N+](=O)[O-]. The van der Waals surface area contributed by atoms with Gasteiger partial charge in [-0.1, -0.05) is 0 Å². The van der Waals surface area contributed by atoms with E-state index in [1.54, 1.807) is 12.5 Å². The minimum atomic E-state index is -0.949. The Morgan fingerprint density at radius 3 is 2.82 bits per heavy atom. The van der Waals surface area contributed by atoms with Crippen molar-refractivity contribution in [2.24, 2.45) is 10.8 Å². The van der Waals surface area contributed by atoms with E-state index < -0.39 is 11.0 Å². The monoisotopic (exact) mass is 163 g/mol. The van der Waals surface area contributed by atoms with E-state index in [1.165, 1.54) is 0 Å². The number of guanidine groups is 1. The van der Waals surface area contributed by atoms with E-state index in [0.717, 1.165) is 5.01 Å². The van der Waals surface area contributed by atoms with Gasteiger partial charge in [-0.3, -0.25) is 10.2 Å². The first kappa shape index (κ1) is 9.59. The van der Waals surface area contributed by atoms with Gasteiger partial charge in [-0.05, 0) is 6.92 Å². The first-order valence-electron chi connectivity index (χ1n) is 2.77. The second-order valence-corrected chi connectivity index (χ2v) is 1.54. The third-order valence-electron chi connectivity index (χ3n) is 0.898. The highest BCUT2D eigenvalue weighted by Gasteiger charge is 2.06. The molecule has 11 heavy (non-hydrogen) atoms. The van der Waals surface area contributed by atoms with Crippen LogP contribution in [0.3, 0.4) is 0 Å². The van der Waals surface area contributed by atoms with Crippen LogP contribution in [0.2, 0.25) is 0 Å². The van der Waals surface area contributed by atoms with E-state index in [0.29, 0.717) is 0 Å². The molecule has 0 heterocycles. The molecule has 0 radical (unpaired) electrons. The number of hydrazine groups is 1. The van der Waals surface area contributed by atoms with E-state index in [4.69, 9.17) is 10.9 Å². The molecule has 0 unspecified atom stereocenters. The summed E-state index contributed by atoms with van der Waals surface area (Å²) in [5.74, 6) is -0.403. The van der Waals surface area contributed by atoms with Gasteiger partial charge < -0.3 is 5.73 Å². The Morgan fingerprint density at radius 2 is 2.55 bits per heavy atom. The van der Waals surface area contributed by atoms with Gasteiger partial charge >= 0.3 is 0 Å². The first-order valence-corrected chi connectivity index (χ1v) is 2.77. The Hall–Kier alpha value is -1.41. The van der Waals surface area contributed by atoms with Gasteiger partial charge in [0, 0.05) is 6.54 Å². The van der Waals surface area contributed by atoms with Crippen molar-refractivity contribution in [3.8, 4) is 0 Å². The number of hydrogen-bond acceptors (Lipinski definition) is 4. The molecule has 0 aliphatic heterocycles. The molecule has 0 aliphatic carbocycles. The standard InChI is InChI=1S/C3H9N5O3/c1-2-7(6-9)3(4)5-8(10)11/h6,9H,2H2,1H3,(H2,4,5). The fraction of sp³-hybridized carbons (Fsp3) is 0.667. The van der Waals surface area contributed by atoms with Gasteiger partial charge in [0.1, 0.15) is 5.10 Å². The molecule has 0 aromatic heterocycles. The van der Waals surface area contributed by atoms with Gasteiger partial charge in [0.25, 0.3) is 5.96 Å². The third kappa shape index (κ3) is 3.33. The van der Waals surface area contributed by atoms with Gasteiger partial charge in [0.05, 0.1) is 0 Å². The number of nitrogens with one attached hydrogen (secondary N) is 1. The van der Waals surface area contributed by atoms with E-state index in [1.807, 2.05) is 0 Å². The molecule has 0 aromatic rings. The number of nitro groups is 1. The molecule has 0 amide bonds. The fourth-order valence-corrected chi connectivity index (χ4v) is 0.422. The predicted molar refractivity (Wildman–Crippen MR) is 35.9 cm³/mol. The molecule has 0 spiro atoms. The van der Waals surface area contributed by atoms with E-state index in [-0.39, 0.29) is 6.54 Å². The maximum Gasteiger partial charge on any atom is 0.284 e. The van der Waals surface area contributed by atoms with Crippen LogP contribution in [0.1, 0.15) is 6.92 Å². The van der Waals surface area contributed by atoms with Crippen molar-refractivity contribution < 1.29 is 10.2 Å². The molecule has 64 valence electrons. The summed E-state index contributed by atoms with van der Waals surface area (Å²) in [5, 5.41) is 20.7. The van der Waals surface area contributed by atoms with Gasteiger partial charge in [-0.25, -0.2) is 10.1 Å². The van der Waals surface area contributed by atoms with E-state index in [9.17, 15) is 10.1 Å². The first-order chi connectivity index (χ1) is 5.11. The summed E-state index contributed by atoms with van der Waals surface area (Å²) >= 11 is 0. The maximum absolute atomic E-state index is 9.75. The van der Waals surface area contributed by atoms with Crippen molar-refractivity contribution >= 4 is 5.96 Å². The van der Waals surface area contributed by atoms with Crippen LogP contribution in [0, 0.1) is 10.1 Å². The summed E-state index contributed by atoms with van der Waals surface area (Å²) < 4.78 is 0. The highest BCUT2D eigenvalue weighted by molar-refractivity contribution is 5.76. The number of hydrogen-bond donors (Lipinski definition) is 3. The summed E-state index contributed by atoms with van der Waals surface area (Å²) in [7, 11) is 0. The van der Waals surface area contributed by atoms with Crippen molar-refractivity contribution in [1.29, 1.82) is 0 Å². The van der Waals surface area contributed by atoms with Crippen LogP contribution in [0.5, 0.6) is 0 Å². The maximum atomic E-state index is 9.75. The molecule has 0 aromatic carbocycles. The zero-order chi connectivity index (χ0) is 8.85. The predicted octanol–water partition coefficient (Wildman–Crippen LogP) is -1.29. The van der Waals surface area contributed by atoms with Gasteiger partial charge in [0.2, 0.25) is 0 Å². The van der Waals surface area contributed by atoms with Crippen LogP contribution >= 0.6 is 0 Å². The zero-order valence-electron chi connectivity index (χ0n) is 5.89. The lowest BCUT2D eigenvalue weighted by Gasteiger charge is -2.15. The summed E-state index contributed by atoms with van der Waals surface area (Å²) in [6, 6.07) is 0. The Labute approximate surface area is 62.4 Å². The van der Waals surface area contributed by atoms with E-state index >= 15 is 0 Å². The van der Waals surface area contributed by atoms with Crippen molar-refractivity contribution in [3.63, 3.8) is 0 Å². The Balaban J connectivity index is 4.18. The quantitative estimate of drug-likeness (QED) is 0.206. The highest BCUT2D eigenvalue weighted by atomic mass is 16.7. The summed E-state index contributed by atoms with van der Waals surface area (Å²) in [6.07, 6.45) is 0. The minimum absolute atomic E-state index is 0.264. The normalized spacial score (nSPS) is 11.3. The molecule has 4 N–H and O–H groups in total. The number of nitrogens with zero attached hydrogens (tertiary/aromatic N) is 3.